The van der Waals surface area contributed by atoms with Crippen LogP contribution < -0.4 is 10.1 Å². The van der Waals surface area contributed by atoms with E-state index in [0.717, 1.165) is 44.0 Å². The standard InChI is InChI=1S/C23H30N4O2/c1-29-21-12-5-4-11-20(21)25-22-19(10-6-13-24-22)23(28)27-15-7-14-26(16-17-27)18-8-2-3-9-18/h4-6,10-13,18H,2-3,7-9,14-17H2,1H3,(H,24,25). The molecule has 29 heavy (non-hydrogen) atoms. The van der Waals surface area contributed by atoms with Crippen LogP contribution in [-0.4, -0.2) is 60.0 Å². The number of carbonyl (C=O) groups is 1. The first-order valence-corrected chi connectivity index (χ1v) is 10.6. The summed E-state index contributed by atoms with van der Waals surface area (Å²) in [6, 6.07) is 12.1. The highest BCUT2D eigenvalue weighted by Crippen LogP contribution is 2.28. The van der Waals surface area contributed by atoms with Gasteiger partial charge >= 0.3 is 0 Å². The molecular weight excluding hydrogens is 364 g/mol. The molecule has 1 amide bonds. The van der Waals surface area contributed by atoms with Gasteiger partial charge in [-0.3, -0.25) is 9.69 Å². The van der Waals surface area contributed by atoms with Crippen LogP contribution in [-0.2, 0) is 0 Å². The van der Waals surface area contributed by atoms with Gasteiger partial charge in [0.05, 0.1) is 18.4 Å². The van der Waals surface area contributed by atoms with Gasteiger partial charge < -0.3 is 15.0 Å². The molecule has 0 spiro atoms. The fourth-order valence-corrected chi connectivity index (χ4v) is 4.50. The zero-order valence-corrected chi connectivity index (χ0v) is 17.1. The quantitative estimate of drug-likeness (QED) is 0.833. The second-order valence-corrected chi connectivity index (χ2v) is 7.84. The van der Waals surface area contributed by atoms with E-state index in [2.05, 4.69) is 15.2 Å². The van der Waals surface area contributed by atoms with Crippen molar-refractivity contribution in [3.05, 3.63) is 48.2 Å². The SMILES string of the molecule is COc1ccccc1Nc1ncccc1C(=O)N1CCCN(C2CCCC2)CC1. The van der Waals surface area contributed by atoms with Crippen LogP contribution >= 0.6 is 0 Å². The van der Waals surface area contributed by atoms with Crippen LogP contribution in [0.3, 0.4) is 0 Å². The Bertz CT molecular complexity index is 835. The van der Waals surface area contributed by atoms with Crippen LogP contribution in [0.1, 0.15) is 42.5 Å². The van der Waals surface area contributed by atoms with Crippen LogP contribution in [0.25, 0.3) is 0 Å². The van der Waals surface area contributed by atoms with E-state index < -0.39 is 0 Å². The van der Waals surface area contributed by atoms with Crippen LogP contribution in [0.5, 0.6) is 5.75 Å². The van der Waals surface area contributed by atoms with Gasteiger partial charge in [-0.05, 0) is 43.5 Å². The molecule has 1 saturated carbocycles. The van der Waals surface area contributed by atoms with Gasteiger partial charge in [-0.2, -0.15) is 0 Å². The van der Waals surface area contributed by atoms with Crippen LogP contribution in [0, 0.1) is 0 Å². The maximum atomic E-state index is 13.3. The molecule has 0 radical (unpaired) electrons. The van der Waals surface area contributed by atoms with Gasteiger partial charge in [0, 0.05) is 38.4 Å². The van der Waals surface area contributed by atoms with E-state index in [1.165, 1.54) is 25.7 Å². The number of hydrogen-bond acceptors (Lipinski definition) is 5. The average Bonchev–Trinajstić information content (AvgIpc) is 3.19. The minimum atomic E-state index is 0.0452. The van der Waals surface area contributed by atoms with Crippen molar-refractivity contribution in [2.24, 2.45) is 0 Å². The lowest BCUT2D eigenvalue weighted by atomic mass is 10.2. The predicted octanol–water partition coefficient (Wildman–Crippen LogP) is 3.92. The highest BCUT2D eigenvalue weighted by atomic mass is 16.5. The molecule has 0 bridgehead atoms. The summed E-state index contributed by atoms with van der Waals surface area (Å²) in [7, 11) is 1.64. The summed E-state index contributed by atoms with van der Waals surface area (Å²) in [6.45, 7) is 3.63. The molecule has 6 nitrogen and oxygen atoms in total. The third-order valence-electron chi connectivity index (χ3n) is 6.06. The third kappa shape index (κ3) is 4.53. The summed E-state index contributed by atoms with van der Waals surface area (Å²) >= 11 is 0. The number of ether oxygens (including phenoxy) is 1. The number of nitrogens with one attached hydrogen (secondary N) is 1. The van der Waals surface area contributed by atoms with Crippen molar-refractivity contribution in [2.75, 3.05) is 38.6 Å². The molecule has 0 unspecified atom stereocenters. The molecular formula is C23H30N4O2. The molecule has 1 aliphatic carbocycles. The summed E-state index contributed by atoms with van der Waals surface area (Å²) in [5.41, 5.74) is 1.40. The Morgan fingerprint density at radius 1 is 1.03 bits per heavy atom. The van der Waals surface area contributed by atoms with Crippen molar-refractivity contribution in [2.45, 2.75) is 38.1 Å². The Morgan fingerprint density at radius 2 is 1.86 bits per heavy atom. The van der Waals surface area contributed by atoms with Crippen molar-refractivity contribution in [1.82, 2.24) is 14.8 Å². The fourth-order valence-electron chi connectivity index (χ4n) is 4.50. The van der Waals surface area contributed by atoms with E-state index in [-0.39, 0.29) is 5.91 Å². The van der Waals surface area contributed by atoms with Crippen LogP contribution in [0.4, 0.5) is 11.5 Å². The van der Waals surface area contributed by atoms with E-state index in [9.17, 15) is 4.79 Å². The monoisotopic (exact) mass is 394 g/mol. The number of hydrogen-bond donors (Lipinski definition) is 1. The smallest absolute Gasteiger partial charge is 0.257 e. The van der Waals surface area contributed by atoms with Crippen LogP contribution in [0.15, 0.2) is 42.6 Å². The van der Waals surface area contributed by atoms with E-state index in [1.54, 1.807) is 13.3 Å². The van der Waals surface area contributed by atoms with Crippen molar-refractivity contribution in [3.8, 4) is 5.75 Å². The summed E-state index contributed by atoms with van der Waals surface area (Å²) in [4.78, 5) is 22.4. The first-order chi connectivity index (χ1) is 14.3. The van der Waals surface area contributed by atoms with Crippen molar-refractivity contribution in [3.63, 3.8) is 0 Å². The summed E-state index contributed by atoms with van der Waals surface area (Å²) in [6.07, 6.45) is 8.04. The molecule has 1 aliphatic heterocycles. The second-order valence-electron chi connectivity index (χ2n) is 7.84. The Hall–Kier alpha value is -2.60. The predicted molar refractivity (Wildman–Crippen MR) is 115 cm³/mol. The molecule has 1 aromatic carbocycles. The Kier molecular flexibility index (Phi) is 6.30. The Morgan fingerprint density at radius 3 is 2.69 bits per heavy atom. The van der Waals surface area contributed by atoms with Gasteiger partial charge in [0.25, 0.3) is 5.91 Å². The number of carbonyl (C=O) groups excluding carboxylic acids is 1. The normalized spacial score (nSPS) is 18.4. The van der Waals surface area contributed by atoms with Crippen molar-refractivity contribution < 1.29 is 9.53 Å². The van der Waals surface area contributed by atoms with Gasteiger partial charge in [0.15, 0.2) is 0 Å². The number of anilines is 2. The zero-order valence-electron chi connectivity index (χ0n) is 17.1. The van der Waals surface area contributed by atoms with E-state index in [4.69, 9.17) is 4.74 Å². The molecule has 0 atom stereocenters. The maximum Gasteiger partial charge on any atom is 0.257 e. The lowest BCUT2D eigenvalue weighted by molar-refractivity contribution is 0.0759. The Balaban J connectivity index is 1.49. The largest absolute Gasteiger partial charge is 0.495 e. The number of para-hydroxylation sites is 2. The number of benzene rings is 1. The maximum absolute atomic E-state index is 13.3. The molecule has 2 heterocycles. The fraction of sp³-hybridized carbons (Fsp3) is 0.478. The summed E-state index contributed by atoms with van der Waals surface area (Å²) in [5, 5.41) is 3.29. The van der Waals surface area contributed by atoms with Gasteiger partial charge in [-0.15, -0.1) is 0 Å². The summed E-state index contributed by atoms with van der Waals surface area (Å²) in [5.74, 6) is 1.33. The zero-order chi connectivity index (χ0) is 20.1. The number of aromatic nitrogens is 1. The molecule has 1 saturated heterocycles. The van der Waals surface area contributed by atoms with E-state index in [1.807, 2.05) is 41.3 Å². The topological polar surface area (TPSA) is 57.7 Å². The lowest BCUT2D eigenvalue weighted by Gasteiger charge is -2.27. The van der Waals surface area contributed by atoms with Crippen molar-refractivity contribution >= 4 is 17.4 Å². The molecule has 1 aromatic heterocycles. The minimum Gasteiger partial charge on any atom is -0.495 e. The first kappa shape index (κ1) is 19.7. The molecule has 1 N–H and O–H groups in total. The number of rotatable bonds is 5. The molecule has 154 valence electrons. The first-order valence-electron chi connectivity index (χ1n) is 10.6. The number of pyridine rings is 1. The average molecular weight is 395 g/mol. The van der Waals surface area contributed by atoms with Gasteiger partial charge in [-0.25, -0.2) is 4.98 Å². The lowest BCUT2D eigenvalue weighted by Crippen LogP contribution is -2.38. The highest BCUT2D eigenvalue weighted by molar-refractivity contribution is 5.99. The van der Waals surface area contributed by atoms with Gasteiger partial charge in [-0.1, -0.05) is 25.0 Å². The molecule has 2 aliphatic rings. The minimum absolute atomic E-state index is 0.0452. The van der Waals surface area contributed by atoms with Crippen molar-refractivity contribution in [1.29, 1.82) is 0 Å². The Labute approximate surface area is 172 Å². The number of amides is 1. The molecule has 2 aromatic rings. The molecule has 6 heteroatoms. The summed E-state index contributed by atoms with van der Waals surface area (Å²) < 4.78 is 5.42. The van der Waals surface area contributed by atoms with E-state index in [0.29, 0.717) is 17.4 Å². The third-order valence-corrected chi connectivity index (χ3v) is 6.06. The number of nitrogens with zero attached hydrogens (tertiary/aromatic N) is 3. The highest BCUT2D eigenvalue weighted by Gasteiger charge is 2.27. The van der Waals surface area contributed by atoms with Gasteiger partial charge in [0.1, 0.15) is 11.6 Å². The second kappa shape index (κ2) is 9.27. The number of methoxy groups -OCH3 is 1. The van der Waals surface area contributed by atoms with E-state index >= 15 is 0 Å². The van der Waals surface area contributed by atoms with Gasteiger partial charge in [0.2, 0.25) is 0 Å². The molecule has 4 rings (SSSR count). The van der Waals surface area contributed by atoms with Crippen LogP contribution in [0.2, 0.25) is 0 Å². The molecule has 2 fully saturated rings.